The minimum Gasteiger partial charge on any atom is -0.488 e. The zero-order valence-corrected chi connectivity index (χ0v) is 18.5. The van der Waals surface area contributed by atoms with Gasteiger partial charge in [-0.15, -0.1) is 0 Å². The van der Waals surface area contributed by atoms with Crippen LogP contribution in [0.25, 0.3) is 6.08 Å². The molecule has 30 heavy (non-hydrogen) atoms. The molecule has 3 aromatic rings. The minimum absolute atomic E-state index is 0.171. The molecule has 1 heterocycles. The van der Waals surface area contributed by atoms with Gasteiger partial charge < -0.3 is 4.74 Å². The van der Waals surface area contributed by atoms with E-state index >= 15 is 0 Å². The molecule has 1 aliphatic heterocycles. The van der Waals surface area contributed by atoms with E-state index in [1.165, 1.54) is 5.01 Å². The molecule has 4 nitrogen and oxygen atoms in total. The first-order valence-electron chi connectivity index (χ1n) is 9.35. The van der Waals surface area contributed by atoms with Gasteiger partial charge in [0.05, 0.1) is 17.0 Å². The maximum absolute atomic E-state index is 13.0. The normalized spacial score (nSPS) is 14.9. The Morgan fingerprint density at radius 2 is 1.73 bits per heavy atom. The van der Waals surface area contributed by atoms with Crippen molar-refractivity contribution in [2.24, 2.45) is 5.10 Å². The molecule has 0 aliphatic carbocycles. The summed E-state index contributed by atoms with van der Waals surface area (Å²) in [6.45, 7) is 2.17. The smallest absolute Gasteiger partial charge is 0.280 e. The summed E-state index contributed by atoms with van der Waals surface area (Å²) < 4.78 is 6.95. The van der Waals surface area contributed by atoms with Gasteiger partial charge in [0, 0.05) is 20.6 Å². The fourth-order valence-corrected chi connectivity index (χ4v) is 3.55. The maximum atomic E-state index is 13.0. The number of hydrogen-bond acceptors (Lipinski definition) is 3. The third kappa shape index (κ3) is 4.32. The van der Waals surface area contributed by atoms with Crippen molar-refractivity contribution in [2.45, 2.75) is 13.5 Å². The van der Waals surface area contributed by atoms with Gasteiger partial charge in [-0.05, 0) is 49.4 Å². The predicted octanol–water partition coefficient (Wildman–Crippen LogP) is 6.49. The first-order valence-corrected chi connectivity index (χ1v) is 10.5. The van der Waals surface area contributed by atoms with Crippen LogP contribution in [0, 0.1) is 0 Å². The van der Waals surface area contributed by atoms with Gasteiger partial charge in [0.15, 0.2) is 0 Å². The van der Waals surface area contributed by atoms with Crippen molar-refractivity contribution < 1.29 is 9.53 Å². The highest BCUT2D eigenvalue weighted by atomic mass is 79.9. The van der Waals surface area contributed by atoms with Crippen LogP contribution in [0.15, 0.2) is 87.9 Å². The number of benzene rings is 3. The number of anilines is 1. The first-order chi connectivity index (χ1) is 14.5. The summed E-state index contributed by atoms with van der Waals surface area (Å²) in [5.41, 5.74) is 3.61. The minimum atomic E-state index is -0.171. The number of hydrogen-bond donors (Lipinski definition) is 0. The second-order valence-electron chi connectivity index (χ2n) is 6.75. The number of amides is 1. The summed E-state index contributed by atoms with van der Waals surface area (Å²) in [6.07, 6.45) is 1.82. The van der Waals surface area contributed by atoms with Gasteiger partial charge in [0.1, 0.15) is 12.4 Å². The molecule has 0 atom stereocenters. The van der Waals surface area contributed by atoms with Crippen LogP contribution in [0.5, 0.6) is 5.75 Å². The monoisotopic (exact) mass is 480 g/mol. The third-order valence-electron chi connectivity index (χ3n) is 4.69. The summed E-state index contributed by atoms with van der Waals surface area (Å²) in [7, 11) is 0. The van der Waals surface area contributed by atoms with Crippen LogP contribution in [0.3, 0.4) is 0 Å². The number of carbonyl (C=O) groups is 1. The van der Waals surface area contributed by atoms with E-state index in [0.717, 1.165) is 15.6 Å². The molecule has 1 aliphatic rings. The van der Waals surface area contributed by atoms with Gasteiger partial charge in [-0.25, -0.2) is 0 Å². The van der Waals surface area contributed by atoms with E-state index in [1.807, 2.05) is 85.8 Å². The second-order valence-corrected chi connectivity index (χ2v) is 8.08. The van der Waals surface area contributed by atoms with E-state index in [1.54, 1.807) is 0 Å². The Labute approximate surface area is 188 Å². The van der Waals surface area contributed by atoms with Crippen LogP contribution < -0.4 is 9.75 Å². The number of carbonyl (C=O) groups excluding carboxylic acids is 1. The number of halogens is 2. The topological polar surface area (TPSA) is 41.9 Å². The fraction of sp³-hybridized carbons (Fsp3) is 0.0833. The molecule has 150 valence electrons. The lowest BCUT2D eigenvalue weighted by molar-refractivity contribution is -0.114. The predicted molar refractivity (Wildman–Crippen MR) is 125 cm³/mol. The largest absolute Gasteiger partial charge is 0.488 e. The fourth-order valence-electron chi connectivity index (χ4n) is 3.10. The third-order valence-corrected chi connectivity index (χ3v) is 5.59. The summed E-state index contributed by atoms with van der Waals surface area (Å²) in [5.74, 6) is 0.503. The van der Waals surface area contributed by atoms with Gasteiger partial charge in [0.25, 0.3) is 5.91 Å². The molecule has 0 radical (unpaired) electrons. The lowest BCUT2D eigenvalue weighted by Gasteiger charge is -2.12. The van der Waals surface area contributed by atoms with E-state index < -0.39 is 0 Å². The molecular formula is C24H18BrClN2O2. The number of rotatable bonds is 5. The summed E-state index contributed by atoms with van der Waals surface area (Å²) in [4.78, 5) is 13.0. The lowest BCUT2D eigenvalue weighted by atomic mass is 10.1. The van der Waals surface area contributed by atoms with Crippen LogP contribution in [0.2, 0.25) is 5.02 Å². The quantitative estimate of drug-likeness (QED) is 0.391. The SMILES string of the molecule is CC1=NN(c2ccc(Br)cc2)C(=O)/C1=C/c1ccccc1OCc1ccccc1Cl. The van der Waals surface area contributed by atoms with E-state index in [9.17, 15) is 4.79 Å². The number of para-hydroxylation sites is 1. The Morgan fingerprint density at radius 3 is 2.50 bits per heavy atom. The highest BCUT2D eigenvalue weighted by molar-refractivity contribution is 9.10. The van der Waals surface area contributed by atoms with E-state index in [4.69, 9.17) is 16.3 Å². The van der Waals surface area contributed by atoms with Crippen molar-refractivity contribution in [1.82, 2.24) is 0 Å². The number of hydrazone groups is 1. The molecule has 0 saturated carbocycles. The summed E-state index contributed by atoms with van der Waals surface area (Å²) in [6, 6.07) is 22.6. The van der Waals surface area contributed by atoms with Crippen molar-refractivity contribution >= 4 is 50.9 Å². The van der Waals surface area contributed by atoms with E-state index in [0.29, 0.717) is 34.4 Å². The van der Waals surface area contributed by atoms with Gasteiger partial charge in [-0.3, -0.25) is 4.79 Å². The molecule has 1 amide bonds. The Bertz CT molecular complexity index is 1160. The van der Waals surface area contributed by atoms with E-state index in [-0.39, 0.29) is 5.91 Å². The van der Waals surface area contributed by atoms with Gasteiger partial charge >= 0.3 is 0 Å². The Kier molecular flexibility index (Phi) is 6.02. The van der Waals surface area contributed by atoms with Crippen molar-refractivity contribution in [3.63, 3.8) is 0 Å². The van der Waals surface area contributed by atoms with Gasteiger partial charge in [0.2, 0.25) is 0 Å². The molecule has 0 N–H and O–H groups in total. The summed E-state index contributed by atoms with van der Waals surface area (Å²) >= 11 is 9.64. The standard InChI is InChI=1S/C24H18BrClN2O2/c1-16-21(24(29)28(27-16)20-12-10-19(25)11-13-20)14-17-6-3-5-9-23(17)30-15-18-7-2-4-8-22(18)26/h2-14H,15H2,1H3/b21-14+. The van der Waals surface area contributed by atoms with Crippen LogP contribution in [0.4, 0.5) is 5.69 Å². The Balaban J connectivity index is 1.59. The van der Waals surface area contributed by atoms with Crippen LogP contribution in [-0.4, -0.2) is 11.6 Å². The number of nitrogens with zero attached hydrogens (tertiary/aromatic N) is 2. The van der Waals surface area contributed by atoms with Crippen LogP contribution >= 0.6 is 27.5 Å². The highest BCUT2D eigenvalue weighted by Gasteiger charge is 2.28. The molecule has 0 fully saturated rings. The summed E-state index contributed by atoms with van der Waals surface area (Å²) in [5, 5.41) is 6.52. The average Bonchev–Trinajstić information content (AvgIpc) is 3.03. The Hall–Kier alpha value is -2.89. The molecule has 0 aromatic heterocycles. The molecule has 0 unspecified atom stereocenters. The average molecular weight is 482 g/mol. The zero-order valence-electron chi connectivity index (χ0n) is 16.2. The molecule has 0 bridgehead atoms. The van der Waals surface area contributed by atoms with Crippen molar-refractivity contribution in [2.75, 3.05) is 5.01 Å². The van der Waals surface area contributed by atoms with Gasteiger partial charge in [-0.1, -0.05) is 63.9 Å². The lowest BCUT2D eigenvalue weighted by Crippen LogP contribution is -2.21. The number of ether oxygens (including phenoxy) is 1. The molecule has 6 heteroatoms. The Morgan fingerprint density at radius 1 is 1.03 bits per heavy atom. The zero-order chi connectivity index (χ0) is 21.1. The van der Waals surface area contributed by atoms with Gasteiger partial charge in [-0.2, -0.15) is 10.1 Å². The first kappa shape index (κ1) is 20.4. The van der Waals surface area contributed by atoms with Crippen LogP contribution in [0.1, 0.15) is 18.1 Å². The molecular weight excluding hydrogens is 464 g/mol. The highest BCUT2D eigenvalue weighted by Crippen LogP contribution is 2.29. The van der Waals surface area contributed by atoms with E-state index in [2.05, 4.69) is 21.0 Å². The molecule has 0 spiro atoms. The van der Waals surface area contributed by atoms with Crippen molar-refractivity contribution in [1.29, 1.82) is 0 Å². The molecule has 4 rings (SSSR count). The second kappa shape index (κ2) is 8.86. The maximum Gasteiger partial charge on any atom is 0.280 e. The molecule has 0 saturated heterocycles. The van der Waals surface area contributed by atoms with Crippen LogP contribution in [-0.2, 0) is 11.4 Å². The molecule has 3 aromatic carbocycles. The van der Waals surface area contributed by atoms with Crippen molar-refractivity contribution in [3.05, 3.63) is 99.0 Å². The van der Waals surface area contributed by atoms with Crippen molar-refractivity contribution in [3.8, 4) is 5.75 Å².